The predicted molar refractivity (Wildman–Crippen MR) is 102 cm³/mol. The molecule has 3 rings (SSSR count). The van der Waals surface area contributed by atoms with E-state index < -0.39 is 0 Å². The summed E-state index contributed by atoms with van der Waals surface area (Å²) in [6.07, 6.45) is 1.33. The molecule has 2 amide bonds. The summed E-state index contributed by atoms with van der Waals surface area (Å²) in [7, 11) is 1.83. The zero-order valence-electron chi connectivity index (χ0n) is 15.5. The van der Waals surface area contributed by atoms with Crippen molar-refractivity contribution in [3.8, 4) is 0 Å². The summed E-state index contributed by atoms with van der Waals surface area (Å²) in [5.74, 6) is -0.0641. The molecule has 1 fully saturated rings. The summed E-state index contributed by atoms with van der Waals surface area (Å²) >= 11 is 0. The molecule has 2 aromatic carbocycles. The molecule has 138 valence electrons. The van der Waals surface area contributed by atoms with Crippen molar-refractivity contribution >= 4 is 22.8 Å². The fourth-order valence-corrected chi connectivity index (χ4v) is 3.56. The third kappa shape index (κ3) is 4.15. The summed E-state index contributed by atoms with van der Waals surface area (Å²) < 4.78 is 5.07. The van der Waals surface area contributed by atoms with E-state index in [0.29, 0.717) is 26.2 Å². The van der Waals surface area contributed by atoms with Gasteiger partial charge in [0.05, 0.1) is 12.5 Å². The lowest BCUT2D eigenvalue weighted by Crippen LogP contribution is -2.45. The quantitative estimate of drug-likeness (QED) is 0.842. The fraction of sp³-hybridized carbons (Fsp3) is 0.429. The SMILES string of the molecule is CCOC(=O)N1CCCC(C(=O)N(C)Cc2ccc3ccccc3c2)C1. The van der Waals surface area contributed by atoms with Crippen molar-refractivity contribution in [2.45, 2.75) is 26.3 Å². The Morgan fingerprint density at radius 2 is 1.96 bits per heavy atom. The van der Waals surface area contributed by atoms with E-state index >= 15 is 0 Å². The highest BCUT2D eigenvalue weighted by molar-refractivity contribution is 5.83. The first-order chi connectivity index (χ1) is 12.6. The number of amides is 2. The number of nitrogens with zero attached hydrogens (tertiary/aromatic N) is 2. The van der Waals surface area contributed by atoms with Crippen LogP contribution in [0, 0.1) is 5.92 Å². The standard InChI is InChI=1S/C21H26N2O3/c1-3-26-21(25)23-12-6-9-19(15-23)20(24)22(2)14-16-10-11-17-7-4-5-8-18(17)13-16/h4-5,7-8,10-11,13,19H,3,6,9,12,14-15H2,1-2H3. The first-order valence-electron chi connectivity index (χ1n) is 9.23. The van der Waals surface area contributed by atoms with Crippen LogP contribution < -0.4 is 0 Å². The van der Waals surface area contributed by atoms with E-state index in [-0.39, 0.29) is 17.9 Å². The summed E-state index contributed by atoms with van der Waals surface area (Å²) in [4.78, 5) is 28.2. The zero-order chi connectivity index (χ0) is 18.5. The van der Waals surface area contributed by atoms with Crippen LogP contribution in [0.4, 0.5) is 4.79 Å². The van der Waals surface area contributed by atoms with Crippen LogP contribution in [0.25, 0.3) is 10.8 Å². The Morgan fingerprint density at radius 1 is 1.19 bits per heavy atom. The summed E-state index contributed by atoms with van der Waals surface area (Å²) in [6.45, 7) is 3.83. The van der Waals surface area contributed by atoms with E-state index in [1.165, 1.54) is 10.8 Å². The molecule has 1 aliphatic heterocycles. The van der Waals surface area contributed by atoms with Crippen LogP contribution in [-0.4, -0.2) is 48.5 Å². The van der Waals surface area contributed by atoms with Crippen molar-refractivity contribution < 1.29 is 14.3 Å². The fourth-order valence-electron chi connectivity index (χ4n) is 3.56. The maximum absolute atomic E-state index is 12.8. The van der Waals surface area contributed by atoms with Gasteiger partial charge in [-0.15, -0.1) is 0 Å². The maximum Gasteiger partial charge on any atom is 0.409 e. The monoisotopic (exact) mass is 354 g/mol. The molecule has 1 saturated heterocycles. The molecule has 1 aliphatic rings. The van der Waals surface area contributed by atoms with Gasteiger partial charge in [-0.05, 0) is 42.2 Å². The largest absolute Gasteiger partial charge is 0.450 e. The average molecular weight is 354 g/mol. The summed E-state index contributed by atoms with van der Waals surface area (Å²) in [5.41, 5.74) is 1.11. The Bertz CT molecular complexity index is 790. The minimum atomic E-state index is -0.317. The molecule has 1 atom stereocenters. The van der Waals surface area contributed by atoms with Crippen LogP contribution in [-0.2, 0) is 16.1 Å². The van der Waals surface area contributed by atoms with Crippen molar-refractivity contribution in [1.29, 1.82) is 0 Å². The van der Waals surface area contributed by atoms with Gasteiger partial charge in [0.1, 0.15) is 0 Å². The predicted octanol–water partition coefficient (Wildman–Crippen LogP) is 3.67. The average Bonchev–Trinajstić information content (AvgIpc) is 2.67. The van der Waals surface area contributed by atoms with E-state index in [9.17, 15) is 9.59 Å². The molecular weight excluding hydrogens is 328 g/mol. The van der Waals surface area contributed by atoms with Gasteiger partial charge in [0, 0.05) is 26.7 Å². The third-order valence-corrected chi connectivity index (χ3v) is 4.91. The molecule has 0 bridgehead atoms. The number of rotatable bonds is 4. The number of carbonyl (C=O) groups excluding carboxylic acids is 2. The van der Waals surface area contributed by atoms with Crippen LogP contribution in [0.15, 0.2) is 42.5 Å². The van der Waals surface area contributed by atoms with Gasteiger partial charge in [0.25, 0.3) is 0 Å². The molecule has 1 unspecified atom stereocenters. The first-order valence-corrected chi connectivity index (χ1v) is 9.23. The van der Waals surface area contributed by atoms with Crippen molar-refractivity contribution in [2.75, 3.05) is 26.7 Å². The molecule has 0 N–H and O–H groups in total. The van der Waals surface area contributed by atoms with Gasteiger partial charge >= 0.3 is 6.09 Å². The Labute approximate surface area is 154 Å². The van der Waals surface area contributed by atoms with E-state index in [0.717, 1.165) is 18.4 Å². The molecule has 5 nitrogen and oxygen atoms in total. The number of fused-ring (bicyclic) bond motifs is 1. The van der Waals surface area contributed by atoms with Crippen molar-refractivity contribution in [3.63, 3.8) is 0 Å². The van der Waals surface area contributed by atoms with Gasteiger partial charge in [0.15, 0.2) is 0 Å². The molecular formula is C21H26N2O3. The highest BCUT2D eigenvalue weighted by Crippen LogP contribution is 2.21. The Balaban J connectivity index is 1.63. The second kappa shape index (κ2) is 8.21. The molecule has 0 saturated carbocycles. The summed E-state index contributed by atoms with van der Waals surface area (Å²) in [5, 5.41) is 2.37. The Morgan fingerprint density at radius 3 is 2.73 bits per heavy atom. The normalized spacial score (nSPS) is 17.2. The number of hydrogen-bond acceptors (Lipinski definition) is 3. The number of ether oxygens (including phenoxy) is 1. The molecule has 1 heterocycles. The van der Waals surface area contributed by atoms with Gasteiger partial charge in [-0.2, -0.15) is 0 Å². The van der Waals surface area contributed by atoms with Gasteiger partial charge in [-0.1, -0.05) is 36.4 Å². The zero-order valence-corrected chi connectivity index (χ0v) is 15.5. The lowest BCUT2D eigenvalue weighted by Gasteiger charge is -2.33. The van der Waals surface area contributed by atoms with Crippen LogP contribution in [0.5, 0.6) is 0 Å². The highest BCUT2D eigenvalue weighted by atomic mass is 16.6. The van der Waals surface area contributed by atoms with E-state index in [1.807, 2.05) is 19.2 Å². The lowest BCUT2D eigenvalue weighted by atomic mass is 9.96. The topological polar surface area (TPSA) is 49.9 Å². The van der Waals surface area contributed by atoms with Gasteiger partial charge in [0.2, 0.25) is 5.91 Å². The van der Waals surface area contributed by atoms with Crippen LogP contribution in [0.2, 0.25) is 0 Å². The van der Waals surface area contributed by atoms with E-state index in [4.69, 9.17) is 4.74 Å². The van der Waals surface area contributed by atoms with Crippen molar-refractivity contribution in [3.05, 3.63) is 48.0 Å². The second-order valence-corrected chi connectivity index (χ2v) is 6.86. The van der Waals surface area contributed by atoms with Gasteiger partial charge in [-0.3, -0.25) is 4.79 Å². The highest BCUT2D eigenvalue weighted by Gasteiger charge is 2.30. The Hall–Kier alpha value is -2.56. The molecule has 0 aliphatic carbocycles. The number of hydrogen-bond donors (Lipinski definition) is 0. The molecule has 0 spiro atoms. The van der Waals surface area contributed by atoms with Crippen molar-refractivity contribution in [1.82, 2.24) is 9.80 Å². The summed E-state index contributed by atoms with van der Waals surface area (Å²) in [6, 6.07) is 14.5. The number of benzene rings is 2. The second-order valence-electron chi connectivity index (χ2n) is 6.86. The van der Waals surface area contributed by atoms with Crippen LogP contribution >= 0.6 is 0 Å². The van der Waals surface area contributed by atoms with E-state index in [2.05, 4.69) is 30.3 Å². The van der Waals surface area contributed by atoms with E-state index in [1.54, 1.807) is 16.7 Å². The van der Waals surface area contributed by atoms with Crippen LogP contribution in [0.1, 0.15) is 25.3 Å². The lowest BCUT2D eigenvalue weighted by molar-refractivity contribution is -0.136. The molecule has 5 heteroatoms. The smallest absolute Gasteiger partial charge is 0.409 e. The molecule has 26 heavy (non-hydrogen) atoms. The third-order valence-electron chi connectivity index (χ3n) is 4.91. The van der Waals surface area contributed by atoms with Gasteiger partial charge in [-0.25, -0.2) is 4.79 Å². The van der Waals surface area contributed by atoms with Gasteiger partial charge < -0.3 is 14.5 Å². The minimum absolute atomic E-state index is 0.0900. The number of carbonyl (C=O) groups is 2. The molecule has 0 aromatic heterocycles. The van der Waals surface area contributed by atoms with Crippen molar-refractivity contribution in [2.24, 2.45) is 5.92 Å². The maximum atomic E-state index is 12.8. The Kier molecular flexibility index (Phi) is 5.76. The minimum Gasteiger partial charge on any atom is -0.450 e. The van der Waals surface area contributed by atoms with Crippen LogP contribution in [0.3, 0.4) is 0 Å². The number of likely N-dealkylation sites (tertiary alicyclic amines) is 1. The molecule has 2 aromatic rings. The molecule has 0 radical (unpaired) electrons. The first kappa shape index (κ1) is 18.2. The number of piperidine rings is 1.